The first kappa shape index (κ1) is 15.0. The molecule has 0 saturated carbocycles. The Hall–Kier alpha value is -1.35. The topological polar surface area (TPSA) is 9.23 Å². The second-order valence-corrected chi connectivity index (χ2v) is 5.51. The molecule has 0 aromatic heterocycles. The van der Waals surface area contributed by atoms with Gasteiger partial charge in [-0.15, -0.1) is 0 Å². The molecule has 2 aromatic carbocycles. The third-order valence-corrected chi connectivity index (χ3v) is 4.27. The summed E-state index contributed by atoms with van der Waals surface area (Å²) in [5.74, 6) is 1.20. The van der Waals surface area contributed by atoms with Crippen molar-refractivity contribution in [2.75, 3.05) is 12.4 Å². The van der Waals surface area contributed by atoms with Crippen LogP contribution in [0.3, 0.4) is 0 Å². The Morgan fingerprint density at radius 3 is 2.40 bits per heavy atom. The lowest BCUT2D eigenvalue weighted by Gasteiger charge is -2.16. The minimum absolute atomic E-state index is 0.186. The van der Waals surface area contributed by atoms with Gasteiger partial charge in [0.2, 0.25) is 0 Å². The first-order valence-electron chi connectivity index (χ1n) is 6.65. The summed E-state index contributed by atoms with van der Waals surface area (Å²) in [7, 11) is 1.70. The number of hydrogen-bond acceptors (Lipinski definition) is 1. The Bertz CT molecular complexity index is 539. The molecule has 2 rings (SSSR count). The molecule has 0 radical (unpaired) electrons. The summed E-state index contributed by atoms with van der Waals surface area (Å²) in [5.41, 5.74) is 2.37. The summed E-state index contributed by atoms with van der Waals surface area (Å²) in [6.07, 6.45) is 1.86. The van der Waals surface area contributed by atoms with Crippen molar-refractivity contribution in [3.05, 3.63) is 65.5 Å². The van der Waals surface area contributed by atoms with E-state index < -0.39 is 0 Å². The van der Waals surface area contributed by atoms with Gasteiger partial charge in [0.15, 0.2) is 0 Å². The molecule has 0 bridgehead atoms. The van der Waals surface area contributed by atoms with Crippen LogP contribution in [-0.2, 0) is 12.8 Å². The van der Waals surface area contributed by atoms with Crippen molar-refractivity contribution in [3.8, 4) is 5.75 Å². The largest absolute Gasteiger partial charge is 0.496 e. The smallest absolute Gasteiger partial charge is 0.123 e. The highest BCUT2D eigenvalue weighted by atomic mass is 79.9. The predicted octanol–water partition coefficient (Wildman–Crippen LogP) is 4.63. The molecule has 0 amide bonds. The molecule has 0 fully saturated rings. The summed E-state index contributed by atoms with van der Waals surface area (Å²) in [6.45, 7) is 0. The lowest BCUT2D eigenvalue weighted by atomic mass is 9.94. The molecular formula is C17H18BrFO. The number of hydrogen-bond donors (Lipinski definition) is 0. The zero-order valence-electron chi connectivity index (χ0n) is 11.5. The molecule has 0 N–H and O–H groups in total. The molecule has 2 aromatic rings. The second-order valence-electron chi connectivity index (χ2n) is 4.87. The van der Waals surface area contributed by atoms with E-state index in [1.54, 1.807) is 7.11 Å². The van der Waals surface area contributed by atoms with Crippen LogP contribution in [0.4, 0.5) is 4.39 Å². The Morgan fingerprint density at radius 1 is 1.05 bits per heavy atom. The van der Waals surface area contributed by atoms with E-state index in [1.807, 2.05) is 30.3 Å². The lowest BCUT2D eigenvalue weighted by molar-refractivity contribution is 0.406. The SMILES string of the molecule is COc1ccccc1CC(CBr)Cc1ccc(F)cc1. The Kier molecular flexibility index (Phi) is 5.60. The number of alkyl halides is 1. The fraction of sp³-hybridized carbons (Fsp3) is 0.294. The van der Waals surface area contributed by atoms with Gasteiger partial charge >= 0.3 is 0 Å². The highest BCUT2D eigenvalue weighted by molar-refractivity contribution is 9.09. The minimum atomic E-state index is -0.186. The fourth-order valence-electron chi connectivity index (χ4n) is 2.32. The maximum absolute atomic E-state index is 12.9. The monoisotopic (exact) mass is 336 g/mol. The Labute approximate surface area is 127 Å². The summed E-state index contributed by atoms with van der Waals surface area (Å²) < 4.78 is 18.3. The zero-order valence-corrected chi connectivity index (χ0v) is 13.1. The first-order valence-corrected chi connectivity index (χ1v) is 7.77. The molecule has 0 aliphatic rings. The third-order valence-electron chi connectivity index (χ3n) is 3.36. The minimum Gasteiger partial charge on any atom is -0.496 e. The van der Waals surface area contributed by atoms with E-state index in [1.165, 1.54) is 17.7 Å². The summed E-state index contributed by atoms with van der Waals surface area (Å²) in [4.78, 5) is 0. The number of halogens is 2. The van der Waals surface area contributed by atoms with Crippen LogP contribution < -0.4 is 4.74 Å². The van der Waals surface area contributed by atoms with Gasteiger partial charge in [-0.05, 0) is 48.1 Å². The molecule has 0 aliphatic heterocycles. The van der Waals surface area contributed by atoms with Crippen LogP contribution in [0.25, 0.3) is 0 Å². The van der Waals surface area contributed by atoms with Crippen molar-refractivity contribution in [1.82, 2.24) is 0 Å². The van der Waals surface area contributed by atoms with E-state index in [9.17, 15) is 4.39 Å². The van der Waals surface area contributed by atoms with Gasteiger partial charge in [0.05, 0.1) is 7.11 Å². The van der Waals surface area contributed by atoms with E-state index in [2.05, 4.69) is 22.0 Å². The quantitative estimate of drug-likeness (QED) is 0.699. The summed E-state index contributed by atoms with van der Waals surface area (Å²) >= 11 is 3.58. The molecule has 1 atom stereocenters. The predicted molar refractivity (Wildman–Crippen MR) is 84.1 cm³/mol. The second kappa shape index (κ2) is 7.44. The average molecular weight is 337 g/mol. The zero-order chi connectivity index (χ0) is 14.4. The highest BCUT2D eigenvalue weighted by Crippen LogP contribution is 2.24. The van der Waals surface area contributed by atoms with E-state index in [4.69, 9.17) is 4.74 Å². The van der Waals surface area contributed by atoms with Crippen molar-refractivity contribution >= 4 is 15.9 Å². The van der Waals surface area contributed by atoms with Crippen LogP contribution in [0.1, 0.15) is 11.1 Å². The Balaban J connectivity index is 2.07. The van der Waals surface area contributed by atoms with E-state index in [0.717, 1.165) is 29.5 Å². The van der Waals surface area contributed by atoms with Crippen molar-refractivity contribution < 1.29 is 9.13 Å². The number of benzene rings is 2. The van der Waals surface area contributed by atoms with Crippen molar-refractivity contribution in [1.29, 1.82) is 0 Å². The molecule has 1 unspecified atom stereocenters. The van der Waals surface area contributed by atoms with Crippen molar-refractivity contribution in [3.63, 3.8) is 0 Å². The molecule has 0 spiro atoms. The average Bonchev–Trinajstić information content (AvgIpc) is 2.49. The normalized spacial score (nSPS) is 12.2. The van der Waals surface area contributed by atoms with Gasteiger partial charge in [-0.25, -0.2) is 4.39 Å². The van der Waals surface area contributed by atoms with Crippen LogP contribution in [0.5, 0.6) is 5.75 Å². The lowest BCUT2D eigenvalue weighted by Crippen LogP contribution is -2.10. The van der Waals surface area contributed by atoms with Crippen LogP contribution >= 0.6 is 15.9 Å². The van der Waals surface area contributed by atoms with Gasteiger partial charge in [-0.2, -0.15) is 0 Å². The summed E-state index contributed by atoms with van der Waals surface area (Å²) in [5, 5.41) is 0.905. The molecule has 106 valence electrons. The maximum atomic E-state index is 12.9. The van der Waals surface area contributed by atoms with E-state index in [0.29, 0.717) is 5.92 Å². The van der Waals surface area contributed by atoms with Crippen LogP contribution in [-0.4, -0.2) is 12.4 Å². The Morgan fingerprint density at radius 2 is 1.75 bits per heavy atom. The number of ether oxygens (including phenoxy) is 1. The molecule has 1 nitrogen and oxygen atoms in total. The number of para-hydroxylation sites is 1. The molecule has 0 saturated heterocycles. The van der Waals surface area contributed by atoms with Crippen LogP contribution in [0, 0.1) is 11.7 Å². The summed E-state index contributed by atoms with van der Waals surface area (Å²) in [6, 6.07) is 14.8. The first-order chi connectivity index (χ1) is 9.72. The molecule has 0 aliphatic carbocycles. The molecule has 0 heterocycles. The van der Waals surface area contributed by atoms with E-state index in [-0.39, 0.29) is 5.82 Å². The maximum Gasteiger partial charge on any atom is 0.123 e. The number of methoxy groups -OCH3 is 1. The molecular weight excluding hydrogens is 319 g/mol. The van der Waals surface area contributed by atoms with Gasteiger partial charge in [0, 0.05) is 5.33 Å². The van der Waals surface area contributed by atoms with Gasteiger partial charge in [0.1, 0.15) is 11.6 Å². The standard InChI is InChI=1S/C17H18BrFO/c1-20-17-5-3-2-4-15(17)11-14(12-18)10-13-6-8-16(19)9-7-13/h2-9,14H,10-12H2,1H3. The van der Waals surface area contributed by atoms with Gasteiger partial charge < -0.3 is 4.74 Å². The third kappa shape index (κ3) is 4.07. The van der Waals surface area contributed by atoms with E-state index >= 15 is 0 Å². The molecule has 3 heteroatoms. The highest BCUT2D eigenvalue weighted by Gasteiger charge is 2.12. The van der Waals surface area contributed by atoms with Gasteiger partial charge in [-0.1, -0.05) is 46.3 Å². The molecule has 20 heavy (non-hydrogen) atoms. The number of rotatable bonds is 6. The van der Waals surface area contributed by atoms with Crippen molar-refractivity contribution in [2.45, 2.75) is 12.8 Å². The van der Waals surface area contributed by atoms with Gasteiger partial charge in [0.25, 0.3) is 0 Å². The fourth-order valence-corrected chi connectivity index (χ4v) is 2.78. The van der Waals surface area contributed by atoms with Crippen molar-refractivity contribution in [2.24, 2.45) is 5.92 Å². The van der Waals surface area contributed by atoms with Crippen LogP contribution in [0.15, 0.2) is 48.5 Å². The van der Waals surface area contributed by atoms with Gasteiger partial charge in [-0.3, -0.25) is 0 Å². The van der Waals surface area contributed by atoms with Crippen LogP contribution in [0.2, 0.25) is 0 Å².